The molecule has 0 bridgehead atoms. The molecule has 10 nitrogen and oxygen atoms in total. The molecule has 1 atom stereocenters. The third-order valence-corrected chi connectivity index (χ3v) is 4.21. The summed E-state index contributed by atoms with van der Waals surface area (Å²) in [6.07, 6.45) is -0.209. The molecule has 0 fully saturated rings. The molecule has 0 aliphatic heterocycles. The number of aromatic hydroxyl groups is 2. The summed E-state index contributed by atoms with van der Waals surface area (Å²) in [4.78, 5) is 38.6. The summed E-state index contributed by atoms with van der Waals surface area (Å²) in [5.41, 5.74) is -0.0867. The molecule has 0 aromatic heterocycles. The van der Waals surface area contributed by atoms with Gasteiger partial charge in [0.2, 0.25) is 5.91 Å². The largest absolute Gasteiger partial charge is 0.504 e. The van der Waals surface area contributed by atoms with Gasteiger partial charge in [-0.25, -0.2) is 4.79 Å². The highest BCUT2D eigenvalue weighted by Crippen LogP contribution is 2.27. The molecule has 154 valence electrons. The fourth-order valence-electron chi connectivity index (χ4n) is 2.68. The zero-order valence-corrected chi connectivity index (χ0v) is 15.5. The van der Waals surface area contributed by atoms with Crippen LogP contribution in [0, 0.1) is 10.1 Å². The number of nitrogens with one attached hydrogen (secondary N) is 1. The highest BCUT2D eigenvalue weighted by atomic mass is 16.9. The summed E-state index contributed by atoms with van der Waals surface area (Å²) in [7, 11) is 0. The van der Waals surface area contributed by atoms with E-state index in [-0.39, 0.29) is 30.9 Å². The normalized spacial score (nSPS) is 12.6. The van der Waals surface area contributed by atoms with Crippen LogP contribution in [0.1, 0.15) is 23.6 Å². The summed E-state index contributed by atoms with van der Waals surface area (Å²) in [6, 6.07) is 10.2. The Hall–Kier alpha value is -3.82. The van der Waals surface area contributed by atoms with Crippen LogP contribution in [0.4, 0.5) is 0 Å². The minimum Gasteiger partial charge on any atom is -0.504 e. The van der Waals surface area contributed by atoms with Gasteiger partial charge in [0.25, 0.3) is 5.09 Å². The molecule has 0 aliphatic rings. The van der Waals surface area contributed by atoms with E-state index in [1.807, 2.05) is 0 Å². The average molecular weight is 404 g/mol. The van der Waals surface area contributed by atoms with Gasteiger partial charge in [0.15, 0.2) is 11.5 Å². The fourth-order valence-corrected chi connectivity index (χ4v) is 2.68. The molecule has 10 heteroatoms. The number of aliphatic carboxylic acids is 1. The zero-order chi connectivity index (χ0) is 21.6. The number of benzene rings is 2. The Morgan fingerprint density at radius 3 is 2.21 bits per heavy atom. The first-order chi connectivity index (χ1) is 13.6. The molecule has 1 amide bonds. The van der Waals surface area contributed by atoms with Crippen LogP contribution in [-0.4, -0.2) is 37.8 Å². The predicted molar refractivity (Wildman–Crippen MR) is 99.6 cm³/mol. The molecule has 2 aromatic rings. The van der Waals surface area contributed by atoms with Crippen LogP contribution in [0.2, 0.25) is 0 Å². The molecule has 0 heterocycles. The van der Waals surface area contributed by atoms with Crippen LogP contribution in [-0.2, 0) is 33.9 Å². The SMILES string of the molecule is CC(Cc1ccc(O)c(O)c1)(NC(=O)Cc1ccc(CO[N+](=O)[O-])cc1)C(=O)O. The van der Waals surface area contributed by atoms with E-state index in [0.717, 1.165) is 0 Å². The predicted octanol–water partition coefficient (Wildman–Crippen LogP) is 1.55. The Morgan fingerprint density at radius 2 is 1.66 bits per heavy atom. The van der Waals surface area contributed by atoms with Crippen LogP contribution in [0.15, 0.2) is 42.5 Å². The average Bonchev–Trinajstić information content (AvgIpc) is 2.64. The Balaban J connectivity index is 2.04. The van der Waals surface area contributed by atoms with Crippen LogP contribution in [0.5, 0.6) is 11.5 Å². The Labute approximate surface area is 165 Å². The molecule has 29 heavy (non-hydrogen) atoms. The first-order valence-electron chi connectivity index (χ1n) is 8.49. The van der Waals surface area contributed by atoms with Crippen LogP contribution < -0.4 is 5.32 Å². The molecule has 0 aliphatic carbocycles. The molecule has 0 radical (unpaired) electrons. The third kappa shape index (κ3) is 6.09. The topological polar surface area (TPSA) is 159 Å². The van der Waals surface area contributed by atoms with Gasteiger partial charge < -0.3 is 25.5 Å². The van der Waals surface area contributed by atoms with E-state index >= 15 is 0 Å². The molecule has 0 saturated heterocycles. The fraction of sp³-hybridized carbons (Fsp3) is 0.263. The number of phenolic OH excluding ortho intramolecular Hbond substituents is 2. The van der Waals surface area contributed by atoms with Gasteiger partial charge in [-0.15, -0.1) is 10.1 Å². The van der Waals surface area contributed by atoms with Crippen LogP contribution in [0.25, 0.3) is 0 Å². The van der Waals surface area contributed by atoms with E-state index in [2.05, 4.69) is 10.2 Å². The molecular formula is C19H20N2O8. The number of phenols is 2. The number of carbonyl (C=O) groups excluding carboxylic acids is 1. The quantitative estimate of drug-likeness (QED) is 0.278. The van der Waals surface area contributed by atoms with Gasteiger partial charge in [-0.05, 0) is 35.7 Å². The third-order valence-electron chi connectivity index (χ3n) is 4.21. The second-order valence-corrected chi connectivity index (χ2v) is 6.68. The lowest BCUT2D eigenvalue weighted by molar-refractivity contribution is -0.763. The Bertz CT molecular complexity index is 913. The molecule has 1 unspecified atom stereocenters. The maximum absolute atomic E-state index is 12.4. The second kappa shape index (κ2) is 8.91. The smallest absolute Gasteiger partial charge is 0.329 e. The standard InChI is InChI=1S/C19H20N2O8/c1-19(18(25)26,10-14-6-7-15(22)16(23)8-14)20-17(24)9-12-2-4-13(5-3-12)11-29-21(27)28/h2-8,22-23H,9-11H2,1H3,(H,20,24)(H,25,26). The number of carboxylic acid groups (broad SMARTS) is 1. The van der Waals surface area contributed by atoms with Crippen molar-refractivity contribution in [3.8, 4) is 11.5 Å². The molecule has 4 N–H and O–H groups in total. The monoisotopic (exact) mass is 404 g/mol. The van der Waals surface area contributed by atoms with Gasteiger partial charge in [-0.3, -0.25) is 4.79 Å². The minimum atomic E-state index is -1.64. The molecular weight excluding hydrogens is 384 g/mol. The lowest BCUT2D eigenvalue weighted by atomic mass is 9.92. The van der Waals surface area contributed by atoms with Gasteiger partial charge in [0.05, 0.1) is 6.42 Å². The highest BCUT2D eigenvalue weighted by Gasteiger charge is 2.35. The Kier molecular flexibility index (Phi) is 6.60. The zero-order valence-electron chi connectivity index (χ0n) is 15.5. The van der Waals surface area contributed by atoms with Crippen molar-refractivity contribution in [3.63, 3.8) is 0 Å². The molecule has 2 rings (SSSR count). The van der Waals surface area contributed by atoms with Crippen molar-refractivity contribution in [2.24, 2.45) is 0 Å². The molecule has 2 aromatic carbocycles. The first-order valence-corrected chi connectivity index (χ1v) is 8.49. The maximum atomic E-state index is 12.4. The minimum absolute atomic E-state index is 0.0972. The van der Waals surface area contributed by atoms with Crippen LogP contribution in [0.3, 0.4) is 0 Å². The van der Waals surface area contributed by atoms with E-state index in [9.17, 15) is 35.0 Å². The molecule has 0 saturated carbocycles. The van der Waals surface area contributed by atoms with E-state index in [1.54, 1.807) is 24.3 Å². The summed E-state index contributed by atoms with van der Waals surface area (Å²) < 4.78 is 0. The number of rotatable bonds is 9. The van der Waals surface area contributed by atoms with Crippen molar-refractivity contribution in [1.29, 1.82) is 0 Å². The number of hydrogen-bond acceptors (Lipinski definition) is 7. The van der Waals surface area contributed by atoms with E-state index in [1.165, 1.54) is 25.1 Å². The van der Waals surface area contributed by atoms with E-state index in [0.29, 0.717) is 16.7 Å². The van der Waals surface area contributed by atoms with Gasteiger partial charge in [-0.1, -0.05) is 30.3 Å². The van der Waals surface area contributed by atoms with Crippen molar-refractivity contribution in [3.05, 3.63) is 69.3 Å². The van der Waals surface area contributed by atoms with Crippen molar-refractivity contribution < 1.29 is 34.8 Å². The lowest BCUT2D eigenvalue weighted by Crippen LogP contribution is -2.54. The number of nitrogens with zero attached hydrogens (tertiary/aromatic N) is 1. The highest BCUT2D eigenvalue weighted by molar-refractivity contribution is 5.88. The lowest BCUT2D eigenvalue weighted by Gasteiger charge is -2.26. The van der Waals surface area contributed by atoms with Gasteiger partial charge in [0, 0.05) is 6.42 Å². The Morgan fingerprint density at radius 1 is 1.07 bits per heavy atom. The number of amides is 1. The van der Waals surface area contributed by atoms with Crippen molar-refractivity contribution >= 4 is 11.9 Å². The van der Waals surface area contributed by atoms with Gasteiger partial charge >= 0.3 is 5.97 Å². The van der Waals surface area contributed by atoms with Gasteiger partial charge in [-0.2, -0.15) is 0 Å². The summed E-state index contributed by atoms with van der Waals surface area (Å²) in [5.74, 6) is -2.51. The van der Waals surface area contributed by atoms with E-state index < -0.39 is 22.5 Å². The van der Waals surface area contributed by atoms with Gasteiger partial charge in [0.1, 0.15) is 12.1 Å². The second-order valence-electron chi connectivity index (χ2n) is 6.68. The number of carboxylic acids is 1. The van der Waals surface area contributed by atoms with Crippen LogP contribution >= 0.6 is 0 Å². The van der Waals surface area contributed by atoms with Crippen molar-refractivity contribution in [2.45, 2.75) is 31.9 Å². The summed E-state index contributed by atoms with van der Waals surface area (Å²) in [6.45, 7) is 1.13. The maximum Gasteiger partial charge on any atom is 0.329 e. The first kappa shape index (κ1) is 21.5. The molecule has 0 spiro atoms. The summed E-state index contributed by atoms with van der Waals surface area (Å²) >= 11 is 0. The number of hydrogen-bond donors (Lipinski definition) is 4. The summed E-state index contributed by atoms with van der Waals surface area (Å²) in [5, 5.41) is 40.3. The number of carbonyl (C=O) groups is 2. The van der Waals surface area contributed by atoms with E-state index in [4.69, 9.17) is 0 Å². The van der Waals surface area contributed by atoms with Crippen molar-refractivity contribution in [2.75, 3.05) is 0 Å². The van der Waals surface area contributed by atoms with Crippen molar-refractivity contribution in [1.82, 2.24) is 5.32 Å².